The molecule has 0 fully saturated rings. The average molecular weight is 324 g/mol. The largest absolute Gasteiger partial charge is 0.334 e. The quantitative estimate of drug-likeness (QED) is 0.461. The number of benzene rings is 1. The fourth-order valence-corrected chi connectivity index (χ4v) is 2.55. The molecule has 0 aliphatic rings. The van der Waals surface area contributed by atoms with Crippen molar-refractivity contribution < 1.29 is 4.79 Å². The van der Waals surface area contributed by atoms with Gasteiger partial charge in [0, 0.05) is 30.4 Å². The fourth-order valence-electron chi connectivity index (χ4n) is 2.55. The zero-order valence-corrected chi connectivity index (χ0v) is 14.4. The average Bonchev–Trinajstić information content (AvgIpc) is 2.98. The number of carbonyl (C=O) groups is 1. The zero-order chi connectivity index (χ0) is 17.4. The number of allylic oxidation sites excluding steroid dienone is 2. The van der Waals surface area contributed by atoms with Crippen LogP contribution >= 0.6 is 0 Å². The second kappa shape index (κ2) is 8.82. The van der Waals surface area contributed by atoms with Crippen LogP contribution in [-0.4, -0.2) is 21.7 Å². The smallest absolute Gasteiger partial charge is 0.227 e. The van der Waals surface area contributed by atoms with Gasteiger partial charge in [-0.2, -0.15) is 5.10 Å². The van der Waals surface area contributed by atoms with Gasteiger partial charge >= 0.3 is 0 Å². The minimum Gasteiger partial charge on any atom is -0.334 e. The molecule has 0 bridgehead atoms. The summed E-state index contributed by atoms with van der Waals surface area (Å²) in [6, 6.07) is 8.18. The maximum absolute atomic E-state index is 10.5. The summed E-state index contributed by atoms with van der Waals surface area (Å²) < 4.78 is 2.20. The number of carbonyl (C=O) groups excluding carboxylic acids is 1. The maximum Gasteiger partial charge on any atom is 0.227 e. The first-order valence-electron chi connectivity index (χ1n) is 8.12. The first-order chi connectivity index (χ1) is 11.6. The number of aromatic nitrogens is 2. The maximum atomic E-state index is 10.5. The van der Waals surface area contributed by atoms with E-state index >= 15 is 0 Å². The molecule has 2 rings (SSSR count). The van der Waals surface area contributed by atoms with E-state index in [9.17, 15) is 4.79 Å². The Morgan fingerprint density at radius 3 is 2.96 bits per heavy atom. The van der Waals surface area contributed by atoms with Crippen molar-refractivity contribution in [3.05, 3.63) is 65.8 Å². The molecule has 0 aliphatic heterocycles. The van der Waals surface area contributed by atoms with Gasteiger partial charge in [0.25, 0.3) is 0 Å². The summed E-state index contributed by atoms with van der Waals surface area (Å²) in [5.74, 6) is 0.576. The van der Waals surface area contributed by atoms with Gasteiger partial charge in [0.15, 0.2) is 0 Å². The van der Waals surface area contributed by atoms with E-state index in [4.69, 9.17) is 0 Å². The van der Waals surface area contributed by atoms with Crippen molar-refractivity contribution in [1.29, 1.82) is 0 Å². The number of hydrogen-bond donors (Lipinski definition) is 1. The van der Waals surface area contributed by atoms with E-state index < -0.39 is 0 Å². The second-order valence-electron chi connectivity index (χ2n) is 6.05. The van der Waals surface area contributed by atoms with Crippen molar-refractivity contribution in [2.45, 2.75) is 33.7 Å². The SMILES string of the molecule is C/C=C\C(=N/NC=O)c1cccc(Cc2cncn2CC(C)C)c1. The van der Waals surface area contributed by atoms with Crippen LogP contribution in [0.1, 0.15) is 37.6 Å². The standard InChI is InChI=1S/C19H24N4O/c1-4-6-19(22-21-14-24)17-8-5-7-16(9-17)10-18-11-20-13-23(18)12-15(2)3/h4-9,11,13-15H,10,12H2,1-3H3,(H,21,24)/b6-4-,22-19+. The Labute approximate surface area is 143 Å². The Morgan fingerprint density at radius 2 is 2.25 bits per heavy atom. The molecule has 0 aliphatic carbocycles. The van der Waals surface area contributed by atoms with Crippen LogP contribution in [0.5, 0.6) is 0 Å². The molecule has 24 heavy (non-hydrogen) atoms. The highest BCUT2D eigenvalue weighted by Crippen LogP contribution is 2.14. The van der Waals surface area contributed by atoms with Crippen LogP contribution in [0.4, 0.5) is 0 Å². The van der Waals surface area contributed by atoms with E-state index in [-0.39, 0.29) is 0 Å². The number of nitrogens with zero attached hydrogens (tertiary/aromatic N) is 3. The summed E-state index contributed by atoms with van der Waals surface area (Å²) in [6.07, 6.45) is 8.96. The van der Waals surface area contributed by atoms with Crippen molar-refractivity contribution in [1.82, 2.24) is 15.0 Å². The lowest BCUT2D eigenvalue weighted by Crippen LogP contribution is -2.09. The summed E-state index contributed by atoms with van der Waals surface area (Å²) in [5, 5.41) is 4.09. The molecule has 5 heteroatoms. The Morgan fingerprint density at radius 1 is 1.42 bits per heavy atom. The molecule has 0 saturated heterocycles. The van der Waals surface area contributed by atoms with E-state index in [1.54, 1.807) is 0 Å². The van der Waals surface area contributed by atoms with Gasteiger partial charge in [-0.25, -0.2) is 10.4 Å². The van der Waals surface area contributed by atoms with Crippen molar-refractivity contribution in [2.24, 2.45) is 11.0 Å². The Balaban J connectivity index is 2.24. The van der Waals surface area contributed by atoms with Crippen molar-refractivity contribution in [3.8, 4) is 0 Å². The van der Waals surface area contributed by atoms with Gasteiger partial charge in [0.2, 0.25) is 6.41 Å². The number of amides is 1. The van der Waals surface area contributed by atoms with E-state index in [0.29, 0.717) is 12.3 Å². The fraction of sp³-hybridized carbons (Fsp3) is 0.316. The van der Waals surface area contributed by atoms with Crippen LogP contribution in [-0.2, 0) is 17.8 Å². The van der Waals surface area contributed by atoms with E-state index in [1.807, 2.05) is 43.7 Å². The topological polar surface area (TPSA) is 59.3 Å². The molecule has 1 N–H and O–H groups in total. The summed E-state index contributed by atoms with van der Waals surface area (Å²) in [4.78, 5) is 14.8. The Hall–Kier alpha value is -2.69. The molecule has 2 aromatic rings. The predicted octanol–water partition coefficient (Wildman–Crippen LogP) is 3.16. The van der Waals surface area contributed by atoms with Gasteiger partial charge in [0.1, 0.15) is 0 Å². The molecule has 0 atom stereocenters. The summed E-state index contributed by atoms with van der Waals surface area (Å²) in [5.41, 5.74) is 6.43. The van der Waals surface area contributed by atoms with Crippen LogP contribution in [0, 0.1) is 5.92 Å². The van der Waals surface area contributed by atoms with E-state index in [2.05, 4.69) is 46.1 Å². The molecule has 0 spiro atoms. The number of nitrogens with one attached hydrogen (secondary N) is 1. The van der Waals surface area contributed by atoms with Crippen LogP contribution in [0.15, 0.2) is 54.0 Å². The van der Waals surface area contributed by atoms with Gasteiger partial charge in [-0.1, -0.05) is 38.1 Å². The van der Waals surface area contributed by atoms with Gasteiger partial charge in [0.05, 0.1) is 12.0 Å². The molecule has 1 aromatic carbocycles. The summed E-state index contributed by atoms with van der Waals surface area (Å²) in [7, 11) is 0. The molecule has 1 amide bonds. The van der Waals surface area contributed by atoms with Crippen LogP contribution in [0.2, 0.25) is 0 Å². The van der Waals surface area contributed by atoms with Gasteiger partial charge in [-0.05, 0) is 30.5 Å². The number of imidazole rings is 1. The van der Waals surface area contributed by atoms with Crippen LogP contribution in [0.25, 0.3) is 0 Å². The second-order valence-corrected chi connectivity index (χ2v) is 6.05. The minimum absolute atomic E-state index is 0.567. The molecule has 0 unspecified atom stereocenters. The molecular formula is C19H24N4O. The lowest BCUT2D eigenvalue weighted by molar-refractivity contribution is -0.109. The minimum atomic E-state index is 0.567. The first kappa shape index (κ1) is 17.7. The van der Waals surface area contributed by atoms with Crippen molar-refractivity contribution >= 4 is 12.1 Å². The van der Waals surface area contributed by atoms with Crippen molar-refractivity contribution in [2.75, 3.05) is 0 Å². The van der Waals surface area contributed by atoms with Gasteiger partial charge in [-0.3, -0.25) is 4.79 Å². The highest BCUT2D eigenvalue weighted by atomic mass is 16.1. The number of rotatable bonds is 8. The first-order valence-corrected chi connectivity index (χ1v) is 8.12. The molecule has 126 valence electrons. The molecular weight excluding hydrogens is 300 g/mol. The Bertz CT molecular complexity index is 728. The molecule has 0 saturated carbocycles. The van der Waals surface area contributed by atoms with E-state index in [0.717, 1.165) is 24.2 Å². The number of hydrogen-bond acceptors (Lipinski definition) is 3. The van der Waals surface area contributed by atoms with Crippen molar-refractivity contribution in [3.63, 3.8) is 0 Å². The Kier molecular flexibility index (Phi) is 6.49. The molecule has 0 radical (unpaired) electrons. The lowest BCUT2D eigenvalue weighted by Gasteiger charge is -2.11. The predicted molar refractivity (Wildman–Crippen MR) is 96.9 cm³/mol. The highest BCUT2D eigenvalue weighted by molar-refractivity contribution is 6.08. The third-order valence-corrected chi connectivity index (χ3v) is 3.53. The zero-order valence-electron chi connectivity index (χ0n) is 14.4. The molecule has 1 heterocycles. The third kappa shape index (κ3) is 4.91. The highest BCUT2D eigenvalue weighted by Gasteiger charge is 2.07. The van der Waals surface area contributed by atoms with Crippen LogP contribution in [0.3, 0.4) is 0 Å². The van der Waals surface area contributed by atoms with Crippen LogP contribution < -0.4 is 5.43 Å². The van der Waals surface area contributed by atoms with Gasteiger partial charge in [-0.15, -0.1) is 0 Å². The summed E-state index contributed by atoms with van der Waals surface area (Å²) in [6.45, 7) is 7.28. The normalized spacial score (nSPS) is 12.1. The van der Waals surface area contributed by atoms with Gasteiger partial charge < -0.3 is 4.57 Å². The van der Waals surface area contributed by atoms with E-state index in [1.165, 1.54) is 11.3 Å². The molecule has 1 aromatic heterocycles. The molecule has 5 nitrogen and oxygen atoms in total. The summed E-state index contributed by atoms with van der Waals surface area (Å²) >= 11 is 0. The lowest BCUT2D eigenvalue weighted by atomic mass is 10.0. The number of hydrazone groups is 1. The monoisotopic (exact) mass is 324 g/mol. The third-order valence-electron chi connectivity index (χ3n) is 3.53.